The molecule has 1 saturated heterocycles. The van der Waals surface area contributed by atoms with Crippen LogP contribution in [-0.4, -0.2) is 64.1 Å². The fraction of sp³-hybridized carbons (Fsp3) is 0.688. The highest BCUT2D eigenvalue weighted by Gasteiger charge is 2.20. The molecule has 1 fully saturated rings. The first-order chi connectivity index (χ1) is 11.4. The fourth-order valence-electron chi connectivity index (χ4n) is 2.79. The molecule has 0 aromatic carbocycles. The zero-order valence-corrected chi connectivity index (χ0v) is 14.7. The summed E-state index contributed by atoms with van der Waals surface area (Å²) in [5, 5.41) is 2.89. The molecule has 1 aromatic rings. The average Bonchev–Trinajstić information content (AvgIpc) is 2.57. The van der Waals surface area contributed by atoms with Crippen molar-refractivity contribution in [3.05, 3.63) is 32.6 Å². The summed E-state index contributed by atoms with van der Waals surface area (Å²) in [6.07, 6.45) is 0.939. The molecule has 0 radical (unpaired) electrons. The highest BCUT2D eigenvalue weighted by molar-refractivity contribution is 5.77. The fourth-order valence-corrected chi connectivity index (χ4v) is 2.79. The van der Waals surface area contributed by atoms with E-state index in [0.717, 1.165) is 49.4 Å². The lowest BCUT2D eigenvalue weighted by Crippen LogP contribution is -2.49. The van der Waals surface area contributed by atoms with Crippen molar-refractivity contribution in [1.29, 1.82) is 0 Å². The normalized spacial score (nSPS) is 16.3. The minimum atomic E-state index is -0.302. The molecule has 0 saturated carbocycles. The molecule has 0 spiro atoms. The maximum absolute atomic E-state index is 12.0. The molecule has 1 N–H and O–H groups in total. The van der Waals surface area contributed by atoms with Crippen molar-refractivity contribution in [3.8, 4) is 0 Å². The summed E-state index contributed by atoms with van der Waals surface area (Å²) in [5.41, 5.74) is 0.139. The van der Waals surface area contributed by atoms with Crippen molar-refractivity contribution in [1.82, 2.24) is 24.3 Å². The maximum atomic E-state index is 12.0. The lowest BCUT2D eigenvalue weighted by Gasteiger charge is -2.34. The van der Waals surface area contributed by atoms with Crippen LogP contribution >= 0.6 is 0 Å². The summed E-state index contributed by atoms with van der Waals surface area (Å²) in [6, 6.07) is 1.52. The van der Waals surface area contributed by atoms with Crippen LogP contribution in [0.4, 0.5) is 0 Å². The summed E-state index contributed by atoms with van der Waals surface area (Å²) in [7, 11) is 3.17. The highest BCUT2D eigenvalue weighted by Crippen LogP contribution is 2.06. The van der Waals surface area contributed by atoms with Crippen molar-refractivity contribution >= 4 is 5.91 Å². The van der Waals surface area contributed by atoms with Crippen molar-refractivity contribution in [2.24, 2.45) is 14.1 Å². The maximum Gasteiger partial charge on any atom is 0.330 e. The second-order valence-electron chi connectivity index (χ2n) is 6.28. The number of nitrogens with zero attached hydrogens (tertiary/aromatic N) is 4. The number of hydrogen-bond donors (Lipinski definition) is 1. The zero-order valence-electron chi connectivity index (χ0n) is 14.7. The van der Waals surface area contributed by atoms with Gasteiger partial charge in [0, 0.05) is 65.1 Å². The van der Waals surface area contributed by atoms with E-state index >= 15 is 0 Å². The van der Waals surface area contributed by atoms with E-state index < -0.39 is 0 Å². The molecule has 2 rings (SSSR count). The molecule has 1 aliphatic rings. The van der Waals surface area contributed by atoms with Crippen LogP contribution in [0.5, 0.6) is 0 Å². The minimum Gasteiger partial charge on any atom is -0.355 e. The molecule has 8 nitrogen and oxygen atoms in total. The summed E-state index contributed by atoms with van der Waals surface area (Å²) in [4.78, 5) is 39.8. The number of amides is 1. The van der Waals surface area contributed by atoms with Gasteiger partial charge in [-0.2, -0.15) is 0 Å². The van der Waals surface area contributed by atoms with E-state index in [0.29, 0.717) is 13.1 Å². The van der Waals surface area contributed by atoms with Crippen molar-refractivity contribution in [3.63, 3.8) is 0 Å². The molecule has 0 bridgehead atoms. The third kappa shape index (κ3) is 4.55. The molecule has 1 aliphatic heterocycles. The van der Waals surface area contributed by atoms with Crippen molar-refractivity contribution < 1.29 is 4.79 Å². The second-order valence-corrected chi connectivity index (χ2v) is 6.28. The van der Waals surface area contributed by atoms with Gasteiger partial charge < -0.3 is 5.32 Å². The van der Waals surface area contributed by atoms with Gasteiger partial charge in [-0.15, -0.1) is 0 Å². The Kier molecular flexibility index (Phi) is 6.33. The Labute approximate surface area is 141 Å². The molecule has 0 atom stereocenters. The Balaban J connectivity index is 1.89. The Bertz CT molecular complexity index is 686. The zero-order chi connectivity index (χ0) is 17.7. The summed E-state index contributed by atoms with van der Waals surface area (Å²) < 4.78 is 2.63. The SMILES string of the molecule is CCCNC(=O)CN1CCN(Cc2cc(=O)n(C)c(=O)n2C)CC1. The number of aromatic nitrogens is 2. The Morgan fingerprint density at radius 1 is 1.08 bits per heavy atom. The molecular weight excluding hydrogens is 310 g/mol. The van der Waals surface area contributed by atoms with Gasteiger partial charge in [-0.1, -0.05) is 6.92 Å². The van der Waals surface area contributed by atoms with E-state index in [4.69, 9.17) is 0 Å². The highest BCUT2D eigenvalue weighted by atomic mass is 16.2. The minimum absolute atomic E-state index is 0.0688. The molecule has 1 aromatic heterocycles. The third-order valence-corrected chi connectivity index (χ3v) is 4.42. The number of rotatable bonds is 6. The topological polar surface area (TPSA) is 79.6 Å². The Morgan fingerprint density at radius 2 is 1.71 bits per heavy atom. The Hall–Kier alpha value is -1.93. The van der Waals surface area contributed by atoms with Gasteiger partial charge in [0.15, 0.2) is 0 Å². The van der Waals surface area contributed by atoms with E-state index in [1.54, 1.807) is 7.05 Å². The number of piperazine rings is 1. The molecule has 8 heteroatoms. The van der Waals surface area contributed by atoms with Gasteiger partial charge in [0.2, 0.25) is 5.91 Å². The number of hydrogen-bond acceptors (Lipinski definition) is 5. The number of nitrogens with one attached hydrogen (secondary N) is 1. The van der Waals surface area contributed by atoms with E-state index in [2.05, 4.69) is 15.1 Å². The third-order valence-electron chi connectivity index (χ3n) is 4.42. The summed E-state index contributed by atoms with van der Waals surface area (Å²) >= 11 is 0. The van der Waals surface area contributed by atoms with E-state index in [-0.39, 0.29) is 17.2 Å². The van der Waals surface area contributed by atoms with Crippen LogP contribution in [0.3, 0.4) is 0 Å². The van der Waals surface area contributed by atoms with Gasteiger partial charge in [0.25, 0.3) is 5.56 Å². The molecule has 0 aliphatic carbocycles. The summed E-state index contributed by atoms with van der Waals surface area (Å²) in [5.74, 6) is 0.0688. The lowest BCUT2D eigenvalue weighted by molar-refractivity contribution is -0.122. The second kappa shape index (κ2) is 8.25. The van der Waals surface area contributed by atoms with Gasteiger partial charge in [-0.25, -0.2) is 4.79 Å². The quantitative estimate of drug-likeness (QED) is 0.700. The largest absolute Gasteiger partial charge is 0.355 e. The molecule has 24 heavy (non-hydrogen) atoms. The van der Waals surface area contributed by atoms with Crippen molar-refractivity contribution in [2.45, 2.75) is 19.9 Å². The van der Waals surface area contributed by atoms with E-state index in [1.165, 1.54) is 17.7 Å². The van der Waals surface area contributed by atoms with Crippen molar-refractivity contribution in [2.75, 3.05) is 39.3 Å². The standard InChI is InChI=1S/C16H27N5O3/c1-4-5-17-14(22)12-21-8-6-20(7-9-21)11-13-10-15(23)19(3)16(24)18(13)2/h10H,4-9,11-12H2,1-3H3,(H,17,22). The van der Waals surface area contributed by atoms with Crippen LogP contribution in [0.25, 0.3) is 0 Å². The van der Waals surface area contributed by atoms with Crippen LogP contribution in [-0.2, 0) is 25.4 Å². The molecule has 1 amide bonds. The number of carbonyl (C=O) groups is 1. The van der Waals surface area contributed by atoms with Crippen LogP contribution in [0.15, 0.2) is 15.7 Å². The molecule has 0 unspecified atom stereocenters. The first kappa shape index (κ1) is 18.4. The first-order valence-electron chi connectivity index (χ1n) is 8.39. The average molecular weight is 337 g/mol. The number of carbonyl (C=O) groups excluding carboxylic acids is 1. The van der Waals surface area contributed by atoms with Crippen LogP contribution in [0.1, 0.15) is 19.0 Å². The molecule has 2 heterocycles. The van der Waals surface area contributed by atoms with E-state index in [9.17, 15) is 14.4 Å². The Morgan fingerprint density at radius 3 is 2.33 bits per heavy atom. The van der Waals surface area contributed by atoms with Gasteiger partial charge in [0.05, 0.1) is 6.54 Å². The van der Waals surface area contributed by atoms with Gasteiger partial charge in [-0.05, 0) is 6.42 Å². The molecule has 134 valence electrons. The van der Waals surface area contributed by atoms with Crippen LogP contribution in [0, 0.1) is 0 Å². The predicted molar refractivity (Wildman–Crippen MR) is 91.9 cm³/mol. The smallest absolute Gasteiger partial charge is 0.330 e. The monoisotopic (exact) mass is 337 g/mol. The van der Waals surface area contributed by atoms with Gasteiger partial charge >= 0.3 is 5.69 Å². The van der Waals surface area contributed by atoms with E-state index in [1.807, 2.05) is 6.92 Å². The van der Waals surface area contributed by atoms with Crippen LogP contribution < -0.4 is 16.6 Å². The van der Waals surface area contributed by atoms with Gasteiger partial charge in [0.1, 0.15) is 0 Å². The first-order valence-corrected chi connectivity index (χ1v) is 8.39. The summed E-state index contributed by atoms with van der Waals surface area (Å²) in [6.45, 7) is 6.97. The van der Waals surface area contributed by atoms with Crippen LogP contribution in [0.2, 0.25) is 0 Å². The molecular formula is C16H27N5O3. The predicted octanol–water partition coefficient (Wildman–Crippen LogP) is -1.27. The van der Waals surface area contributed by atoms with Gasteiger partial charge in [-0.3, -0.25) is 28.5 Å². The lowest BCUT2D eigenvalue weighted by atomic mass is 10.2.